The number of carbonyl (C=O) groups excluding carboxylic acids is 1. The van der Waals surface area contributed by atoms with Crippen molar-refractivity contribution in [2.45, 2.75) is 26.1 Å². The van der Waals surface area contributed by atoms with Crippen LogP contribution in [0.5, 0.6) is 0 Å². The van der Waals surface area contributed by atoms with E-state index in [2.05, 4.69) is 10.6 Å². The number of amides is 2. The molecule has 1 aromatic rings. The van der Waals surface area contributed by atoms with E-state index in [1.54, 1.807) is 13.8 Å². The molecule has 0 atom stereocenters. The van der Waals surface area contributed by atoms with Crippen molar-refractivity contribution in [3.8, 4) is 0 Å². The lowest BCUT2D eigenvalue weighted by Gasteiger charge is -2.15. The third-order valence-electron chi connectivity index (χ3n) is 1.95. The number of hydrogen-bond acceptors (Lipinski definition) is 1. The van der Waals surface area contributed by atoms with Crippen molar-refractivity contribution in [2.75, 3.05) is 5.32 Å². The van der Waals surface area contributed by atoms with Crippen LogP contribution in [0.1, 0.15) is 19.4 Å². The largest absolute Gasteiger partial charge is 0.418 e. The summed E-state index contributed by atoms with van der Waals surface area (Å²) in [5.41, 5.74) is -1.31. The standard InChI is InChI=1S/C11H12ClF3N2O/c1-6(2)16-10(18)17-9-4-3-7(12)5-8(9)11(13,14)15/h3-6H,1-2H3,(H2,16,17,18). The van der Waals surface area contributed by atoms with Gasteiger partial charge in [-0.25, -0.2) is 4.79 Å². The van der Waals surface area contributed by atoms with Gasteiger partial charge in [-0.15, -0.1) is 0 Å². The number of halogens is 4. The molecule has 0 spiro atoms. The second-order valence-corrected chi connectivity index (χ2v) is 4.38. The van der Waals surface area contributed by atoms with E-state index >= 15 is 0 Å². The van der Waals surface area contributed by atoms with Gasteiger partial charge in [-0.05, 0) is 32.0 Å². The highest BCUT2D eigenvalue weighted by molar-refractivity contribution is 6.30. The first-order valence-electron chi connectivity index (χ1n) is 5.14. The van der Waals surface area contributed by atoms with Crippen LogP contribution >= 0.6 is 11.6 Å². The lowest BCUT2D eigenvalue weighted by molar-refractivity contribution is -0.136. The Morgan fingerprint density at radius 3 is 2.44 bits per heavy atom. The first-order chi connectivity index (χ1) is 8.20. The summed E-state index contributed by atoms with van der Waals surface area (Å²) in [6.45, 7) is 3.40. The average Bonchev–Trinajstić information content (AvgIpc) is 2.17. The quantitative estimate of drug-likeness (QED) is 0.848. The maximum atomic E-state index is 12.7. The van der Waals surface area contributed by atoms with Crippen molar-refractivity contribution in [3.05, 3.63) is 28.8 Å². The van der Waals surface area contributed by atoms with Gasteiger partial charge in [0.05, 0.1) is 11.3 Å². The maximum absolute atomic E-state index is 12.7. The number of rotatable bonds is 2. The summed E-state index contributed by atoms with van der Waals surface area (Å²) in [6, 6.07) is 2.30. The summed E-state index contributed by atoms with van der Waals surface area (Å²) in [7, 11) is 0. The highest BCUT2D eigenvalue weighted by atomic mass is 35.5. The fraction of sp³-hybridized carbons (Fsp3) is 0.364. The Morgan fingerprint density at radius 1 is 1.33 bits per heavy atom. The van der Waals surface area contributed by atoms with Crippen molar-refractivity contribution in [3.63, 3.8) is 0 Å². The lowest BCUT2D eigenvalue weighted by Crippen LogP contribution is -2.34. The van der Waals surface area contributed by atoms with Crippen LogP contribution in [0.3, 0.4) is 0 Å². The molecule has 0 bridgehead atoms. The molecule has 0 saturated heterocycles. The molecule has 0 fully saturated rings. The maximum Gasteiger partial charge on any atom is 0.418 e. The van der Waals surface area contributed by atoms with Crippen LogP contribution in [0.2, 0.25) is 5.02 Å². The number of anilines is 1. The van der Waals surface area contributed by atoms with Crippen LogP contribution in [0.4, 0.5) is 23.7 Å². The third kappa shape index (κ3) is 4.10. The lowest BCUT2D eigenvalue weighted by atomic mass is 10.1. The van der Waals surface area contributed by atoms with E-state index in [0.717, 1.165) is 12.1 Å². The van der Waals surface area contributed by atoms with Gasteiger partial charge < -0.3 is 10.6 Å². The number of hydrogen-bond donors (Lipinski definition) is 2. The summed E-state index contributed by atoms with van der Waals surface area (Å²) < 4.78 is 38.1. The van der Waals surface area contributed by atoms with Crippen LogP contribution in [0.15, 0.2) is 18.2 Å². The van der Waals surface area contributed by atoms with Gasteiger partial charge >= 0.3 is 12.2 Å². The molecule has 3 nitrogen and oxygen atoms in total. The zero-order chi connectivity index (χ0) is 13.9. The molecule has 0 aliphatic heterocycles. The zero-order valence-corrected chi connectivity index (χ0v) is 10.5. The monoisotopic (exact) mass is 280 g/mol. The van der Waals surface area contributed by atoms with Crippen LogP contribution in [-0.2, 0) is 6.18 Å². The molecule has 1 aromatic carbocycles. The van der Waals surface area contributed by atoms with Crippen molar-refractivity contribution in [1.29, 1.82) is 0 Å². The highest BCUT2D eigenvalue weighted by Gasteiger charge is 2.34. The molecule has 0 unspecified atom stereocenters. The molecule has 0 saturated carbocycles. The first kappa shape index (κ1) is 14.6. The predicted octanol–water partition coefficient (Wildman–Crippen LogP) is 3.89. The number of carbonyl (C=O) groups is 1. The number of alkyl halides is 3. The molecule has 0 aliphatic carbocycles. The Bertz CT molecular complexity index is 446. The summed E-state index contributed by atoms with van der Waals surface area (Å²) >= 11 is 5.52. The SMILES string of the molecule is CC(C)NC(=O)Nc1ccc(Cl)cc1C(F)(F)F. The van der Waals surface area contributed by atoms with Gasteiger partial charge in [-0.1, -0.05) is 11.6 Å². The second-order valence-electron chi connectivity index (χ2n) is 3.94. The van der Waals surface area contributed by atoms with Crippen molar-refractivity contribution >= 4 is 23.3 Å². The summed E-state index contributed by atoms with van der Waals surface area (Å²) in [5, 5.41) is 4.54. The minimum Gasteiger partial charge on any atom is -0.336 e. The Labute approximate surface area is 107 Å². The minimum absolute atomic E-state index is 0.0443. The van der Waals surface area contributed by atoms with Gasteiger partial charge in [0.2, 0.25) is 0 Å². The van der Waals surface area contributed by atoms with Crippen LogP contribution in [0, 0.1) is 0 Å². The van der Waals surface area contributed by atoms with E-state index in [1.165, 1.54) is 6.07 Å². The van der Waals surface area contributed by atoms with Crippen molar-refractivity contribution < 1.29 is 18.0 Å². The number of urea groups is 1. The average molecular weight is 281 g/mol. The van der Waals surface area contributed by atoms with Gasteiger partial charge in [-0.3, -0.25) is 0 Å². The molecule has 0 radical (unpaired) electrons. The van der Waals surface area contributed by atoms with E-state index in [0.29, 0.717) is 0 Å². The minimum atomic E-state index is -4.58. The molecule has 100 valence electrons. The highest BCUT2D eigenvalue weighted by Crippen LogP contribution is 2.36. The van der Waals surface area contributed by atoms with Gasteiger partial charge in [0.25, 0.3) is 0 Å². The molecular formula is C11H12ClF3N2O. The molecule has 0 aliphatic rings. The topological polar surface area (TPSA) is 41.1 Å². The molecular weight excluding hydrogens is 269 g/mol. The Balaban J connectivity index is 2.99. The Hall–Kier alpha value is -1.43. The first-order valence-corrected chi connectivity index (χ1v) is 5.52. The van der Waals surface area contributed by atoms with Crippen LogP contribution in [0.25, 0.3) is 0 Å². The normalized spacial score (nSPS) is 11.5. The molecule has 1 rings (SSSR count). The molecule has 7 heteroatoms. The molecule has 2 N–H and O–H groups in total. The van der Waals surface area contributed by atoms with Crippen LogP contribution in [-0.4, -0.2) is 12.1 Å². The van der Waals surface area contributed by atoms with Crippen LogP contribution < -0.4 is 10.6 Å². The predicted molar refractivity (Wildman–Crippen MR) is 63.7 cm³/mol. The Morgan fingerprint density at radius 2 is 1.94 bits per heavy atom. The third-order valence-corrected chi connectivity index (χ3v) is 2.19. The van der Waals surface area contributed by atoms with E-state index < -0.39 is 17.8 Å². The smallest absolute Gasteiger partial charge is 0.336 e. The van der Waals surface area contributed by atoms with Gasteiger partial charge in [0, 0.05) is 11.1 Å². The van der Waals surface area contributed by atoms with E-state index in [4.69, 9.17) is 11.6 Å². The number of benzene rings is 1. The fourth-order valence-corrected chi connectivity index (χ4v) is 1.45. The summed E-state index contributed by atoms with van der Waals surface area (Å²) in [6.07, 6.45) is -4.58. The van der Waals surface area contributed by atoms with E-state index in [-0.39, 0.29) is 16.8 Å². The molecule has 0 aromatic heterocycles. The summed E-state index contributed by atoms with van der Waals surface area (Å²) in [5.74, 6) is 0. The van der Waals surface area contributed by atoms with Gasteiger partial charge in [0.15, 0.2) is 0 Å². The zero-order valence-electron chi connectivity index (χ0n) is 9.73. The summed E-state index contributed by atoms with van der Waals surface area (Å²) in [4.78, 5) is 11.4. The fourth-order valence-electron chi connectivity index (χ4n) is 1.28. The second kappa shape index (κ2) is 5.48. The van der Waals surface area contributed by atoms with Gasteiger partial charge in [-0.2, -0.15) is 13.2 Å². The van der Waals surface area contributed by atoms with E-state index in [9.17, 15) is 18.0 Å². The van der Waals surface area contributed by atoms with Gasteiger partial charge in [0.1, 0.15) is 0 Å². The molecule has 2 amide bonds. The van der Waals surface area contributed by atoms with E-state index in [1.807, 2.05) is 0 Å². The Kier molecular flexibility index (Phi) is 4.45. The van der Waals surface area contributed by atoms with Crippen molar-refractivity contribution in [1.82, 2.24) is 5.32 Å². The molecule has 0 heterocycles. The molecule has 18 heavy (non-hydrogen) atoms. The number of nitrogens with one attached hydrogen (secondary N) is 2. The van der Waals surface area contributed by atoms with Crippen molar-refractivity contribution in [2.24, 2.45) is 0 Å².